The second-order valence-corrected chi connectivity index (χ2v) is 7.18. The van der Waals surface area contributed by atoms with Crippen LogP contribution in [0.3, 0.4) is 0 Å². The minimum absolute atomic E-state index is 0.145. The Morgan fingerprint density at radius 2 is 1.65 bits per heavy atom. The fraction of sp³-hybridized carbons (Fsp3) is 0.250. The Hall–Kier alpha value is -4.18. The number of hydrogen-bond acceptors (Lipinski definition) is 7. The van der Waals surface area contributed by atoms with Crippen molar-refractivity contribution < 1.29 is 29.0 Å². The number of aromatic amines is 1. The highest BCUT2D eigenvalue weighted by Crippen LogP contribution is 2.06. The Kier molecular flexibility index (Phi) is 10.8. The average Bonchev–Trinajstić information content (AvgIpc) is 3.36. The van der Waals surface area contributed by atoms with Crippen molar-refractivity contribution in [2.75, 3.05) is 7.11 Å². The molecule has 180 valence electrons. The number of H-pyrrole nitrogens is 1. The molecule has 10 nitrogen and oxygen atoms in total. The van der Waals surface area contributed by atoms with Crippen LogP contribution in [-0.4, -0.2) is 52.3 Å². The number of aromatic nitrogens is 2. The minimum atomic E-state index is -1.01. The molecule has 0 bridgehead atoms. The van der Waals surface area contributed by atoms with E-state index in [1.807, 2.05) is 60.7 Å². The number of carbonyl (C=O) groups is 3. The Labute approximate surface area is 197 Å². The van der Waals surface area contributed by atoms with Gasteiger partial charge in [-0.1, -0.05) is 60.7 Å². The maximum atomic E-state index is 11.9. The number of carboxylic acid groups (broad SMARTS) is 1. The normalized spacial score (nSPS) is 11.8. The van der Waals surface area contributed by atoms with E-state index < -0.39 is 30.1 Å². The van der Waals surface area contributed by atoms with Crippen LogP contribution in [0.25, 0.3) is 0 Å². The van der Waals surface area contributed by atoms with Gasteiger partial charge < -0.3 is 30.6 Å². The van der Waals surface area contributed by atoms with Gasteiger partial charge in [0.1, 0.15) is 18.7 Å². The molecule has 34 heavy (non-hydrogen) atoms. The molecule has 3 rings (SSSR count). The van der Waals surface area contributed by atoms with E-state index in [2.05, 4.69) is 15.3 Å². The molecule has 0 aliphatic rings. The number of imidazole rings is 1. The first-order chi connectivity index (χ1) is 16.4. The van der Waals surface area contributed by atoms with Gasteiger partial charge >= 0.3 is 18.0 Å². The zero-order valence-electron chi connectivity index (χ0n) is 18.7. The monoisotopic (exact) mass is 468 g/mol. The van der Waals surface area contributed by atoms with Crippen LogP contribution in [-0.2, 0) is 38.5 Å². The standard InChI is InChI=1S/C18H19NO4.C6H9N3O2/c1-22-17(20)16(12-14-8-4-2-5-9-14)19-18(21)23-13-15-10-6-3-7-11-15;7-5(6(10)11)1-4-2-8-3-9-4/h2-11,16H,12-13H2,1H3,(H,19,21);2-3,5H,1,7H2,(H,8,9)(H,10,11)/t16-;5-/m00/s1. The molecule has 1 amide bonds. The summed E-state index contributed by atoms with van der Waals surface area (Å²) in [5, 5.41) is 11.0. The number of ether oxygens (including phenoxy) is 2. The molecule has 0 aliphatic heterocycles. The lowest BCUT2D eigenvalue weighted by Gasteiger charge is -2.16. The summed E-state index contributed by atoms with van der Waals surface area (Å²) in [5.41, 5.74) is 7.72. The summed E-state index contributed by atoms with van der Waals surface area (Å²) >= 11 is 0. The summed E-state index contributed by atoms with van der Waals surface area (Å²) in [6, 6.07) is 17.1. The molecule has 3 aromatic rings. The average molecular weight is 469 g/mol. The van der Waals surface area contributed by atoms with Crippen molar-refractivity contribution in [2.45, 2.75) is 31.5 Å². The van der Waals surface area contributed by atoms with Gasteiger partial charge in [-0.3, -0.25) is 4.79 Å². The molecule has 2 atom stereocenters. The number of carboxylic acids is 1. The Bertz CT molecular complexity index is 1010. The highest BCUT2D eigenvalue weighted by molar-refractivity contribution is 5.81. The maximum absolute atomic E-state index is 11.9. The molecule has 1 aromatic heterocycles. The number of hydrogen-bond donors (Lipinski definition) is 4. The molecular weight excluding hydrogens is 440 g/mol. The van der Waals surface area contributed by atoms with E-state index in [0.29, 0.717) is 12.1 Å². The molecule has 0 unspecified atom stereocenters. The number of carbonyl (C=O) groups excluding carboxylic acids is 2. The van der Waals surface area contributed by atoms with Crippen LogP contribution in [0.5, 0.6) is 0 Å². The number of nitrogens with one attached hydrogen (secondary N) is 2. The van der Waals surface area contributed by atoms with Crippen molar-refractivity contribution in [2.24, 2.45) is 5.73 Å². The number of methoxy groups -OCH3 is 1. The Balaban J connectivity index is 0.000000310. The summed E-state index contributed by atoms with van der Waals surface area (Å²) in [6.07, 6.45) is 3.07. The van der Waals surface area contributed by atoms with Crippen molar-refractivity contribution >= 4 is 18.0 Å². The van der Waals surface area contributed by atoms with Gasteiger partial charge in [-0.2, -0.15) is 0 Å². The van der Waals surface area contributed by atoms with Crippen LogP contribution in [0, 0.1) is 0 Å². The van der Waals surface area contributed by atoms with Gasteiger partial charge in [0.15, 0.2) is 0 Å². The highest BCUT2D eigenvalue weighted by Gasteiger charge is 2.22. The summed E-state index contributed by atoms with van der Waals surface area (Å²) in [7, 11) is 1.29. The third kappa shape index (κ3) is 9.53. The highest BCUT2D eigenvalue weighted by atomic mass is 16.6. The number of benzene rings is 2. The largest absolute Gasteiger partial charge is 0.480 e. The zero-order valence-corrected chi connectivity index (χ0v) is 18.7. The van der Waals surface area contributed by atoms with Gasteiger partial charge in [-0.15, -0.1) is 0 Å². The van der Waals surface area contributed by atoms with Gasteiger partial charge in [0.05, 0.1) is 19.1 Å². The zero-order chi connectivity index (χ0) is 24.8. The van der Waals surface area contributed by atoms with Crippen LogP contribution in [0.15, 0.2) is 73.2 Å². The number of aliphatic carboxylic acids is 1. The van der Waals surface area contributed by atoms with E-state index >= 15 is 0 Å². The molecule has 5 N–H and O–H groups in total. The fourth-order valence-electron chi connectivity index (χ4n) is 2.81. The van der Waals surface area contributed by atoms with Crippen molar-refractivity contribution in [3.8, 4) is 0 Å². The molecule has 2 aromatic carbocycles. The molecule has 0 radical (unpaired) electrons. The smallest absolute Gasteiger partial charge is 0.408 e. The molecule has 1 heterocycles. The predicted octanol–water partition coefficient (Wildman–Crippen LogP) is 2.06. The van der Waals surface area contributed by atoms with Crippen molar-refractivity contribution in [1.82, 2.24) is 15.3 Å². The SMILES string of the molecule is COC(=O)[C@H](Cc1ccccc1)NC(=O)OCc1ccccc1.N[C@@H](Cc1c[nH]cn1)C(=O)O. The summed E-state index contributed by atoms with van der Waals surface area (Å²) in [6.45, 7) is 0.145. The molecule has 0 fully saturated rings. The molecule has 0 saturated heterocycles. The van der Waals surface area contributed by atoms with E-state index in [1.165, 1.54) is 13.4 Å². The van der Waals surface area contributed by atoms with E-state index in [4.69, 9.17) is 20.3 Å². The topological polar surface area (TPSA) is 157 Å². The van der Waals surface area contributed by atoms with Crippen LogP contribution in [0.1, 0.15) is 16.8 Å². The van der Waals surface area contributed by atoms with E-state index in [0.717, 1.165) is 11.1 Å². The number of alkyl carbamates (subject to hydrolysis) is 1. The number of esters is 1. The molecule has 0 spiro atoms. The lowest BCUT2D eigenvalue weighted by atomic mass is 10.1. The number of nitrogens with two attached hydrogens (primary N) is 1. The van der Waals surface area contributed by atoms with Gasteiger partial charge in [-0.25, -0.2) is 14.6 Å². The second kappa shape index (κ2) is 14.1. The quantitative estimate of drug-likeness (QED) is 0.348. The molecular formula is C24H28N4O6. The van der Waals surface area contributed by atoms with Gasteiger partial charge in [0.25, 0.3) is 0 Å². The third-order valence-corrected chi connectivity index (χ3v) is 4.57. The van der Waals surface area contributed by atoms with E-state index in [9.17, 15) is 14.4 Å². The third-order valence-electron chi connectivity index (χ3n) is 4.57. The lowest BCUT2D eigenvalue weighted by Crippen LogP contribution is -2.43. The number of rotatable bonds is 9. The second-order valence-electron chi connectivity index (χ2n) is 7.18. The number of amides is 1. The first-order valence-corrected chi connectivity index (χ1v) is 10.4. The summed E-state index contributed by atoms with van der Waals surface area (Å²) in [4.78, 5) is 40.5. The Morgan fingerprint density at radius 3 is 2.18 bits per heavy atom. The minimum Gasteiger partial charge on any atom is -0.480 e. The summed E-state index contributed by atoms with van der Waals surface area (Å²) in [5.74, 6) is -1.52. The van der Waals surface area contributed by atoms with Gasteiger partial charge in [0.2, 0.25) is 0 Å². The molecule has 10 heteroatoms. The fourth-order valence-corrected chi connectivity index (χ4v) is 2.81. The molecule has 0 aliphatic carbocycles. The van der Waals surface area contributed by atoms with Crippen LogP contribution < -0.4 is 11.1 Å². The van der Waals surface area contributed by atoms with Crippen LogP contribution in [0.4, 0.5) is 4.79 Å². The lowest BCUT2D eigenvalue weighted by molar-refractivity contribution is -0.143. The molecule has 0 saturated carbocycles. The van der Waals surface area contributed by atoms with E-state index in [-0.39, 0.29) is 13.0 Å². The summed E-state index contributed by atoms with van der Waals surface area (Å²) < 4.78 is 9.87. The van der Waals surface area contributed by atoms with E-state index in [1.54, 1.807) is 6.20 Å². The first-order valence-electron chi connectivity index (χ1n) is 10.4. The first kappa shape index (κ1) is 26.1. The van der Waals surface area contributed by atoms with Crippen LogP contribution >= 0.6 is 0 Å². The van der Waals surface area contributed by atoms with Crippen molar-refractivity contribution in [3.05, 3.63) is 90.0 Å². The van der Waals surface area contributed by atoms with Gasteiger partial charge in [0, 0.05) is 19.0 Å². The maximum Gasteiger partial charge on any atom is 0.408 e. The van der Waals surface area contributed by atoms with Crippen molar-refractivity contribution in [1.29, 1.82) is 0 Å². The van der Waals surface area contributed by atoms with Gasteiger partial charge in [-0.05, 0) is 11.1 Å². The van der Waals surface area contributed by atoms with Crippen molar-refractivity contribution in [3.63, 3.8) is 0 Å². The predicted molar refractivity (Wildman–Crippen MR) is 124 cm³/mol. The van der Waals surface area contributed by atoms with Crippen LogP contribution in [0.2, 0.25) is 0 Å². The number of nitrogens with zero attached hydrogens (tertiary/aromatic N) is 1. The Morgan fingerprint density at radius 1 is 1.03 bits per heavy atom.